The summed E-state index contributed by atoms with van der Waals surface area (Å²) < 4.78 is 10.3. The average Bonchev–Trinajstić information content (AvgIpc) is 4.01. The van der Waals surface area contributed by atoms with E-state index in [0.717, 1.165) is 105 Å². The van der Waals surface area contributed by atoms with Gasteiger partial charge >= 0.3 is 0 Å². The van der Waals surface area contributed by atoms with Gasteiger partial charge in [0.1, 0.15) is 17.4 Å². The van der Waals surface area contributed by atoms with Crippen LogP contribution in [0.3, 0.4) is 0 Å². The van der Waals surface area contributed by atoms with Gasteiger partial charge in [0.05, 0.1) is 33.5 Å². The Bertz CT molecular complexity index is 3870. The normalized spacial score (nSPS) is 11.8. The van der Waals surface area contributed by atoms with Gasteiger partial charge in [-0.15, -0.1) is 0 Å². The van der Waals surface area contributed by atoms with Crippen LogP contribution in [0.2, 0.25) is 0 Å². The number of benzene rings is 7. The molecule has 7 aromatic carbocycles. The minimum Gasteiger partial charge on any atom is -0.454 e. The summed E-state index contributed by atoms with van der Waals surface area (Å²) in [5.74, 6) is 1.73. The molecule has 6 heterocycles. The Kier molecular flexibility index (Phi) is 7.70. The second kappa shape index (κ2) is 13.9. The van der Waals surface area contributed by atoms with E-state index in [2.05, 4.69) is 134 Å². The Balaban J connectivity index is 0.938. The number of fused-ring (bicyclic) bond motifs is 9. The Morgan fingerprint density at radius 1 is 0.349 bits per heavy atom. The minimum absolute atomic E-state index is 0.539. The van der Waals surface area contributed by atoms with Crippen molar-refractivity contribution in [2.24, 2.45) is 0 Å². The van der Waals surface area contributed by atoms with E-state index in [-0.39, 0.29) is 0 Å². The fraction of sp³-hybridized carbons (Fsp3) is 0. The molecule has 13 aromatic rings. The van der Waals surface area contributed by atoms with Gasteiger partial charge in [-0.3, -0.25) is 14.1 Å². The first-order valence-electron chi connectivity index (χ1n) is 20.8. The molecule has 0 saturated carbocycles. The summed E-state index contributed by atoms with van der Waals surface area (Å²) >= 11 is 0. The van der Waals surface area contributed by atoms with Gasteiger partial charge in [-0.1, -0.05) is 109 Å². The molecule has 9 heteroatoms. The molecule has 0 radical (unpaired) electrons. The Morgan fingerprint density at radius 2 is 0.905 bits per heavy atom. The van der Waals surface area contributed by atoms with Crippen molar-refractivity contribution in [1.82, 2.24) is 39.0 Å². The second-order valence-corrected chi connectivity index (χ2v) is 15.6. The first kappa shape index (κ1) is 35.0. The molecular weight excluding hydrogens is 777 g/mol. The number of para-hydroxylation sites is 2. The van der Waals surface area contributed by atoms with Gasteiger partial charge in [-0.2, -0.15) is 4.98 Å². The maximum absolute atomic E-state index is 6.03. The Morgan fingerprint density at radius 3 is 1.56 bits per heavy atom. The van der Waals surface area contributed by atoms with Crippen LogP contribution in [0.15, 0.2) is 199 Å². The van der Waals surface area contributed by atoms with Crippen molar-refractivity contribution >= 4 is 65.7 Å². The lowest BCUT2D eigenvalue weighted by Crippen LogP contribution is -2.04. The molecular formula is C54H32N8O. The molecule has 0 bridgehead atoms. The van der Waals surface area contributed by atoms with E-state index in [1.165, 1.54) is 0 Å². The third-order valence-electron chi connectivity index (χ3n) is 12.0. The van der Waals surface area contributed by atoms with Gasteiger partial charge < -0.3 is 4.42 Å². The monoisotopic (exact) mass is 808 g/mol. The van der Waals surface area contributed by atoms with Gasteiger partial charge in [0.25, 0.3) is 0 Å². The van der Waals surface area contributed by atoms with Crippen LogP contribution in [0.1, 0.15) is 0 Å². The molecule has 63 heavy (non-hydrogen) atoms. The standard InChI is InChI=1S/C54H32N8O/c1-3-12-33(13-4-1)43-31-44(34-14-5-2-6-15-34)59-54(58-43)62-46-19-10-8-17-39(46)41-29-36(22-25-48(41)62)35-21-24-47-40(28-35)38-16-7-9-18-45(38)61(47)53-57-32-56-52(60-53)37-23-26-49-42(30-37)51-50(63-49)20-11-27-55-51/h1-32H. The van der Waals surface area contributed by atoms with Crippen molar-refractivity contribution in [3.63, 3.8) is 0 Å². The summed E-state index contributed by atoms with van der Waals surface area (Å²) in [7, 11) is 0. The highest BCUT2D eigenvalue weighted by molar-refractivity contribution is 6.12. The molecule has 0 atom stereocenters. The summed E-state index contributed by atoms with van der Waals surface area (Å²) in [5.41, 5.74) is 13.3. The number of furan rings is 1. The zero-order chi connectivity index (χ0) is 41.4. The van der Waals surface area contributed by atoms with Crippen molar-refractivity contribution in [3.8, 4) is 56.9 Å². The van der Waals surface area contributed by atoms with Crippen molar-refractivity contribution < 1.29 is 4.42 Å². The van der Waals surface area contributed by atoms with Gasteiger partial charge in [-0.05, 0) is 83.9 Å². The lowest BCUT2D eigenvalue weighted by atomic mass is 10.0. The molecule has 0 aliphatic rings. The minimum atomic E-state index is 0.539. The Hall–Kier alpha value is -8.82. The van der Waals surface area contributed by atoms with Gasteiger partial charge in [0.15, 0.2) is 11.4 Å². The molecule has 0 N–H and O–H groups in total. The molecule has 0 saturated heterocycles. The summed E-state index contributed by atoms with van der Waals surface area (Å²) in [6.45, 7) is 0. The fourth-order valence-electron chi connectivity index (χ4n) is 9.06. The summed E-state index contributed by atoms with van der Waals surface area (Å²) in [4.78, 5) is 29.4. The third kappa shape index (κ3) is 5.64. The third-order valence-corrected chi connectivity index (χ3v) is 12.0. The van der Waals surface area contributed by atoms with E-state index in [9.17, 15) is 0 Å². The fourth-order valence-corrected chi connectivity index (χ4v) is 9.06. The first-order chi connectivity index (χ1) is 31.2. The molecule has 6 aromatic heterocycles. The maximum atomic E-state index is 6.03. The van der Waals surface area contributed by atoms with E-state index in [4.69, 9.17) is 24.4 Å². The van der Waals surface area contributed by atoms with Crippen molar-refractivity contribution in [2.45, 2.75) is 0 Å². The number of nitrogens with zero attached hydrogens (tertiary/aromatic N) is 8. The first-order valence-corrected chi connectivity index (χ1v) is 20.8. The zero-order valence-corrected chi connectivity index (χ0v) is 33.5. The van der Waals surface area contributed by atoms with Gasteiger partial charge in [0, 0.05) is 49.8 Å². The SMILES string of the molecule is c1ccc(-c2cc(-c3ccccc3)nc(-n3c4ccccc4c4cc(-c5ccc6c(c5)c5ccccc5n6-c5ncnc(-c6ccc7oc8cccnc8c7c6)n5)ccc43)n2)cc1. The van der Waals surface area contributed by atoms with Crippen LogP contribution in [-0.2, 0) is 0 Å². The van der Waals surface area contributed by atoms with Gasteiger partial charge in [0.2, 0.25) is 11.9 Å². The van der Waals surface area contributed by atoms with Crippen LogP contribution in [0.5, 0.6) is 0 Å². The van der Waals surface area contributed by atoms with E-state index in [1.54, 1.807) is 12.5 Å². The summed E-state index contributed by atoms with van der Waals surface area (Å²) in [6.07, 6.45) is 3.36. The van der Waals surface area contributed by atoms with Crippen LogP contribution < -0.4 is 0 Å². The molecule has 0 unspecified atom stereocenters. The van der Waals surface area contributed by atoms with E-state index >= 15 is 0 Å². The quantitative estimate of drug-likeness (QED) is 0.165. The lowest BCUT2D eigenvalue weighted by Gasteiger charge is -2.12. The van der Waals surface area contributed by atoms with Crippen molar-refractivity contribution in [1.29, 1.82) is 0 Å². The smallest absolute Gasteiger partial charge is 0.238 e. The van der Waals surface area contributed by atoms with E-state index in [1.807, 2.05) is 66.7 Å². The van der Waals surface area contributed by atoms with Gasteiger partial charge in [-0.25, -0.2) is 19.9 Å². The molecule has 0 aliphatic carbocycles. The predicted molar refractivity (Wildman–Crippen MR) is 251 cm³/mol. The maximum Gasteiger partial charge on any atom is 0.238 e. The van der Waals surface area contributed by atoms with Crippen LogP contribution in [0.4, 0.5) is 0 Å². The molecule has 0 aliphatic heterocycles. The second-order valence-electron chi connectivity index (χ2n) is 15.6. The highest BCUT2D eigenvalue weighted by Crippen LogP contribution is 2.39. The molecule has 0 fully saturated rings. The number of hydrogen-bond donors (Lipinski definition) is 0. The van der Waals surface area contributed by atoms with Crippen LogP contribution >= 0.6 is 0 Å². The molecule has 294 valence electrons. The van der Waals surface area contributed by atoms with E-state index < -0.39 is 0 Å². The van der Waals surface area contributed by atoms with Crippen molar-refractivity contribution in [3.05, 3.63) is 195 Å². The van der Waals surface area contributed by atoms with Crippen LogP contribution in [0, 0.1) is 0 Å². The topological polar surface area (TPSA) is 100 Å². The Labute approximate surface area is 359 Å². The molecule has 13 rings (SSSR count). The zero-order valence-electron chi connectivity index (χ0n) is 33.5. The van der Waals surface area contributed by atoms with E-state index in [0.29, 0.717) is 17.7 Å². The largest absolute Gasteiger partial charge is 0.454 e. The number of aromatic nitrogens is 8. The number of rotatable bonds is 6. The lowest BCUT2D eigenvalue weighted by molar-refractivity contribution is 0.668. The average molecular weight is 809 g/mol. The highest BCUT2D eigenvalue weighted by Gasteiger charge is 2.20. The number of pyridine rings is 1. The highest BCUT2D eigenvalue weighted by atomic mass is 16.3. The van der Waals surface area contributed by atoms with Crippen molar-refractivity contribution in [2.75, 3.05) is 0 Å². The molecule has 0 spiro atoms. The predicted octanol–water partition coefficient (Wildman–Crippen LogP) is 12.8. The number of hydrogen-bond acceptors (Lipinski definition) is 7. The summed E-state index contributed by atoms with van der Waals surface area (Å²) in [5, 5.41) is 5.38. The van der Waals surface area contributed by atoms with Crippen LogP contribution in [0.25, 0.3) is 123 Å². The molecule has 9 nitrogen and oxygen atoms in total. The van der Waals surface area contributed by atoms with Crippen LogP contribution in [-0.4, -0.2) is 39.0 Å². The summed E-state index contributed by atoms with van der Waals surface area (Å²) in [6, 6.07) is 62.7. The molecule has 0 amide bonds.